The van der Waals surface area contributed by atoms with Gasteiger partial charge in [0.1, 0.15) is 17.5 Å². The average Bonchev–Trinajstić information content (AvgIpc) is 3.95. The molecule has 4 aromatic rings. The normalized spacial score (nSPS) is 25.1. The van der Waals surface area contributed by atoms with Gasteiger partial charge in [0.25, 0.3) is 23.6 Å². The number of piperazine rings is 1. The van der Waals surface area contributed by atoms with Crippen molar-refractivity contribution in [2.45, 2.75) is 121 Å². The monoisotopic (exact) mass is 1050 g/mol. The number of nitrogens with zero attached hydrogens (tertiary/aromatic N) is 9. The lowest BCUT2D eigenvalue weighted by Gasteiger charge is -2.48. The Bertz CT molecular complexity index is 3020. The molecule has 1 aliphatic carbocycles. The topological polar surface area (TPSA) is 204 Å². The van der Waals surface area contributed by atoms with Crippen LogP contribution in [0.2, 0.25) is 0 Å². The molecule has 4 fully saturated rings. The van der Waals surface area contributed by atoms with Crippen molar-refractivity contribution in [2.75, 3.05) is 85.4 Å². The van der Waals surface area contributed by atoms with E-state index in [0.29, 0.717) is 48.7 Å². The zero-order valence-electron chi connectivity index (χ0n) is 43.8. The Hall–Kier alpha value is -6.90. The third-order valence-electron chi connectivity index (χ3n) is 17.1. The van der Waals surface area contributed by atoms with E-state index in [4.69, 9.17) is 14.7 Å². The second-order valence-corrected chi connectivity index (χ2v) is 22.5. The van der Waals surface area contributed by atoms with Crippen LogP contribution in [0.15, 0.2) is 55.4 Å². The van der Waals surface area contributed by atoms with E-state index in [1.165, 1.54) is 42.0 Å². The predicted molar refractivity (Wildman–Crippen MR) is 290 cm³/mol. The number of imide groups is 2. The van der Waals surface area contributed by atoms with Crippen molar-refractivity contribution in [1.82, 2.24) is 29.6 Å². The van der Waals surface area contributed by atoms with Crippen LogP contribution in [-0.4, -0.2) is 166 Å². The standard InChI is InChI=1S/C56H67N11O8S/c1-6-49(69)60-41-27-48(59-42-26-36(28-58-52(42)75-5)65-19-9-11-43(46(65)31-68)66-21-18-38-37-10-7-8-12-47(37)76-51(38)56(66)74)57-29-45(41)64-23-22-62(30-33(64)3)34-17-20-63(32(2)24-34)35-13-14-39-40(25-35)54(72)67(53(39)71)44-15-16-50(70)61(4)55(44)73/h6,13-14,25-29,32-34,43-44,46,68H,1,7-12,15-24,30-31H2,2-5H3,(H2,57,59,60,69)/t32-,33+,34?,43?,44?,46?/m1/s1. The number of thiophene rings is 1. The zero-order valence-corrected chi connectivity index (χ0v) is 44.6. The number of rotatable bonds is 12. The summed E-state index contributed by atoms with van der Waals surface area (Å²) in [6.07, 6.45) is 13.7. The number of carbonyl (C=O) groups excluding carboxylic acids is 6. The van der Waals surface area contributed by atoms with Gasteiger partial charge in [-0.15, -0.1) is 11.3 Å². The number of benzene rings is 1. The minimum absolute atomic E-state index is 0.0611. The first-order valence-electron chi connectivity index (χ1n) is 26.9. The number of pyridine rings is 2. The minimum Gasteiger partial charge on any atom is -0.480 e. The second-order valence-electron chi connectivity index (χ2n) is 21.4. The number of nitrogens with one attached hydrogen (secondary N) is 2. The Morgan fingerprint density at radius 2 is 1.62 bits per heavy atom. The fourth-order valence-electron chi connectivity index (χ4n) is 13.2. The Kier molecular flexibility index (Phi) is 14.1. The molecule has 0 radical (unpaired) electrons. The van der Waals surface area contributed by atoms with Crippen LogP contribution in [0, 0.1) is 0 Å². The van der Waals surface area contributed by atoms with Gasteiger partial charge in [-0.25, -0.2) is 9.97 Å². The first-order valence-corrected chi connectivity index (χ1v) is 27.7. The van der Waals surface area contributed by atoms with Gasteiger partial charge in [-0.2, -0.15) is 0 Å². The van der Waals surface area contributed by atoms with E-state index >= 15 is 0 Å². The van der Waals surface area contributed by atoms with E-state index in [0.717, 1.165) is 96.3 Å². The second kappa shape index (κ2) is 20.9. The molecule has 0 spiro atoms. The fourth-order valence-corrected chi connectivity index (χ4v) is 14.6. The quantitative estimate of drug-likeness (QED) is 0.116. The molecule has 4 unspecified atom stereocenters. The lowest BCUT2D eigenvalue weighted by molar-refractivity contribution is -0.149. The van der Waals surface area contributed by atoms with Crippen molar-refractivity contribution >= 4 is 81.0 Å². The molecule has 76 heavy (non-hydrogen) atoms. The van der Waals surface area contributed by atoms with Crippen LogP contribution in [0.25, 0.3) is 0 Å². The number of aromatic nitrogens is 2. The molecule has 6 atom stereocenters. The first kappa shape index (κ1) is 51.2. The summed E-state index contributed by atoms with van der Waals surface area (Å²) >= 11 is 1.69. The van der Waals surface area contributed by atoms with Crippen LogP contribution in [0.4, 0.5) is 34.3 Å². The number of methoxy groups -OCH3 is 1. The van der Waals surface area contributed by atoms with E-state index in [-0.39, 0.29) is 72.5 Å². The summed E-state index contributed by atoms with van der Waals surface area (Å²) in [6, 6.07) is 8.10. The van der Waals surface area contributed by atoms with Crippen molar-refractivity contribution < 1.29 is 38.6 Å². The van der Waals surface area contributed by atoms with Crippen LogP contribution in [0.3, 0.4) is 0 Å². The number of carbonyl (C=O) groups is 6. The number of hydrogen-bond acceptors (Lipinski definition) is 16. The Morgan fingerprint density at radius 3 is 2.39 bits per heavy atom. The predicted octanol–water partition coefficient (Wildman–Crippen LogP) is 5.63. The molecule has 0 saturated carbocycles. The molecular weight excluding hydrogens is 987 g/mol. The highest BCUT2D eigenvalue weighted by molar-refractivity contribution is 7.14. The van der Waals surface area contributed by atoms with Gasteiger partial charge in [0.15, 0.2) is 0 Å². The van der Waals surface area contributed by atoms with Crippen LogP contribution < -0.4 is 30.1 Å². The first-order chi connectivity index (χ1) is 36.8. The molecule has 4 saturated heterocycles. The van der Waals surface area contributed by atoms with Gasteiger partial charge in [-0.3, -0.25) is 43.5 Å². The van der Waals surface area contributed by atoms with Crippen molar-refractivity contribution in [2.24, 2.45) is 0 Å². The third-order valence-corrected chi connectivity index (χ3v) is 18.4. The highest BCUT2D eigenvalue weighted by Gasteiger charge is 2.47. The van der Waals surface area contributed by atoms with Gasteiger partial charge < -0.3 is 40.1 Å². The number of amides is 6. The highest BCUT2D eigenvalue weighted by Crippen LogP contribution is 2.42. The van der Waals surface area contributed by atoms with Gasteiger partial charge >= 0.3 is 0 Å². The minimum atomic E-state index is -0.999. The summed E-state index contributed by atoms with van der Waals surface area (Å²) in [6.45, 7) is 12.3. The smallest absolute Gasteiger partial charge is 0.264 e. The van der Waals surface area contributed by atoms with E-state index in [1.807, 2.05) is 23.1 Å². The van der Waals surface area contributed by atoms with Crippen LogP contribution in [0.1, 0.15) is 112 Å². The van der Waals surface area contributed by atoms with E-state index in [1.54, 1.807) is 43.0 Å². The molecule has 20 heteroatoms. The molecule has 1 aromatic carbocycles. The number of aryl methyl sites for hydroxylation is 1. The number of anilines is 6. The Morgan fingerprint density at radius 1 is 0.803 bits per heavy atom. The molecule has 11 rings (SSSR count). The number of likely N-dealkylation sites (N-methyl/N-ethyl adjacent to an activating group) is 1. The lowest BCUT2D eigenvalue weighted by atomic mass is 9.89. The Balaban J connectivity index is 0.753. The summed E-state index contributed by atoms with van der Waals surface area (Å²) in [5.74, 6) is -1.34. The molecule has 6 amide bonds. The zero-order chi connectivity index (χ0) is 53.1. The lowest BCUT2D eigenvalue weighted by Crippen LogP contribution is -2.59. The molecule has 9 heterocycles. The van der Waals surface area contributed by atoms with E-state index < -0.39 is 23.8 Å². The number of fused-ring (bicyclic) bond motifs is 4. The van der Waals surface area contributed by atoms with Crippen molar-refractivity contribution in [1.29, 1.82) is 0 Å². The molecule has 0 bridgehead atoms. The van der Waals surface area contributed by atoms with Gasteiger partial charge in [-0.1, -0.05) is 6.58 Å². The summed E-state index contributed by atoms with van der Waals surface area (Å²) in [5, 5.41) is 17.5. The number of aliphatic hydroxyl groups excluding tert-OH is 1. The Labute approximate surface area is 446 Å². The van der Waals surface area contributed by atoms with Gasteiger partial charge in [0.05, 0.1) is 71.3 Å². The molecule has 6 aliphatic heterocycles. The van der Waals surface area contributed by atoms with E-state index in [2.05, 4.69) is 50.7 Å². The van der Waals surface area contributed by atoms with Crippen LogP contribution in [0.5, 0.6) is 5.88 Å². The summed E-state index contributed by atoms with van der Waals surface area (Å²) in [7, 11) is 2.94. The fraction of sp³-hybridized carbons (Fsp3) is 0.500. The van der Waals surface area contributed by atoms with Crippen molar-refractivity contribution in [3.05, 3.63) is 87.4 Å². The third kappa shape index (κ3) is 9.14. The number of ether oxygens (including phenoxy) is 1. The number of hydrogen-bond donors (Lipinski definition) is 3. The van der Waals surface area contributed by atoms with Gasteiger partial charge in [0, 0.05) is 87.5 Å². The van der Waals surface area contributed by atoms with Crippen molar-refractivity contribution in [3.63, 3.8) is 0 Å². The number of aliphatic hydroxyl groups is 1. The maximum atomic E-state index is 14.2. The van der Waals surface area contributed by atoms with Gasteiger partial charge in [0.2, 0.25) is 17.7 Å². The summed E-state index contributed by atoms with van der Waals surface area (Å²) in [4.78, 5) is 105. The average molecular weight is 1050 g/mol. The molecule has 19 nitrogen and oxygen atoms in total. The number of piperidine rings is 3. The molecular formula is C56H67N11O8S. The molecule has 3 aromatic heterocycles. The highest BCUT2D eigenvalue weighted by atomic mass is 32.1. The summed E-state index contributed by atoms with van der Waals surface area (Å²) in [5.41, 5.74) is 6.75. The largest absolute Gasteiger partial charge is 0.480 e. The van der Waals surface area contributed by atoms with Gasteiger partial charge in [-0.05, 0) is 120 Å². The molecule has 400 valence electrons. The maximum Gasteiger partial charge on any atom is 0.264 e. The van der Waals surface area contributed by atoms with Crippen LogP contribution >= 0.6 is 11.3 Å². The summed E-state index contributed by atoms with van der Waals surface area (Å²) < 4.78 is 5.74. The van der Waals surface area contributed by atoms with Crippen LogP contribution in [-0.2, 0) is 33.6 Å². The molecule has 7 aliphatic rings. The number of likely N-dealkylation sites (tertiary alicyclic amines) is 1. The maximum absolute atomic E-state index is 14.2. The van der Waals surface area contributed by atoms with Crippen molar-refractivity contribution in [3.8, 4) is 5.88 Å². The van der Waals surface area contributed by atoms with E-state index in [9.17, 15) is 33.9 Å². The SMILES string of the molecule is C=CC(=O)Nc1cc(Nc2cc(N3CCCC(N4CCc5c(sc6c5CCCC6)C4=O)C3CO)cnc2OC)ncc1N1CCN(C2CCN(c3ccc4c(c3)C(=O)N(C3CCC(=O)N(C)C3=O)C4=O)[C@H](C)C2)C[C@@H]1C. The molecule has 3 N–H and O–H groups in total.